The van der Waals surface area contributed by atoms with Gasteiger partial charge < -0.3 is 14.7 Å². The number of aliphatic hydroxyl groups is 1. The number of aromatic nitrogens is 2. The molecule has 3 aliphatic rings. The average molecular weight is 505 g/mol. The molecule has 0 bridgehead atoms. The largest absolute Gasteiger partial charge is 0.390 e. The van der Waals surface area contributed by atoms with E-state index in [1.54, 1.807) is 11.3 Å². The molecule has 7 heteroatoms. The lowest BCUT2D eigenvalue weighted by Crippen LogP contribution is -2.41. The van der Waals surface area contributed by atoms with Gasteiger partial charge >= 0.3 is 0 Å². The van der Waals surface area contributed by atoms with E-state index >= 15 is 0 Å². The summed E-state index contributed by atoms with van der Waals surface area (Å²) in [7, 11) is 0. The highest BCUT2D eigenvalue weighted by Gasteiger charge is 2.31. The Hall–Kier alpha value is -2.32. The number of piperidine rings is 1. The van der Waals surface area contributed by atoms with Crippen molar-refractivity contribution < 1.29 is 9.84 Å². The van der Waals surface area contributed by atoms with Crippen molar-refractivity contribution in [1.82, 2.24) is 14.9 Å². The van der Waals surface area contributed by atoms with Crippen LogP contribution in [0.1, 0.15) is 50.3 Å². The molecule has 0 amide bonds. The molecule has 0 unspecified atom stereocenters. The minimum Gasteiger partial charge on any atom is -0.390 e. The minimum atomic E-state index is -0.598. The molecule has 0 saturated carbocycles. The first-order valence-corrected chi connectivity index (χ1v) is 14.1. The third-order valence-corrected chi connectivity index (χ3v) is 9.09. The molecule has 6 rings (SSSR count). The van der Waals surface area contributed by atoms with Crippen molar-refractivity contribution in [2.45, 2.75) is 52.2 Å². The van der Waals surface area contributed by atoms with Gasteiger partial charge in [-0.05, 0) is 75.5 Å². The molecule has 6 nitrogen and oxygen atoms in total. The van der Waals surface area contributed by atoms with Gasteiger partial charge in [-0.1, -0.05) is 29.8 Å². The van der Waals surface area contributed by atoms with Gasteiger partial charge in [0.1, 0.15) is 0 Å². The maximum absolute atomic E-state index is 10.5. The number of morpholine rings is 1. The summed E-state index contributed by atoms with van der Waals surface area (Å²) in [5.41, 5.74) is 8.15. The van der Waals surface area contributed by atoms with Crippen molar-refractivity contribution in [2.75, 3.05) is 44.3 Å². The van der Waals surface area contributed by atoms with E-state index in [0.717, 1.165) is 69.1 Å². The maximum atomic E-state index is 10.5. The zero-order valence-corrected chi connectivity index (χ0v) is 22.4. The summed E-state index contributed by atoms with van der Waals surface area (Å²) in [6, 6.07) is 6.63. The molecule has 36 heavy (non-hydrogen) atoms. The van der Waals surface area contributed by atoms with Crippen molar-refractivity contribution >= 4 is 33.6 Å². The Kier molecular flexibility index (Phi) is 6.36. The lowest BCUT2D eigenvalue weighted by Gasteiger charge is -2.37. The maximum Gasteiger partial charge on any atom is 0.226 e. The number of nitrogens with zero attached hydrogens (tertiary/aromatic N) is 4. The van der Waals surface area contributed by atoms with Gasteiger partial charge in [0.2, 0.25) is 5.95 Å². The van der Waals surface area contributed by atoms with Gasteiger partial charge in [-0.2, -0.15) is 0 Å². The molecule has 0 spiro atoms. The molecule has 1 aromatic carbocycles. The highest BCUT2D eigenvalue weighted by Crippen LogP contribution is 2.40. The fraction of sp³-hybridized carbons (Fsp3) is 0.517. The Bertz CT molecular complexity index is 1290. The number of thiophene rings is 1. The van der Waals surface area contributed by atoms with E-state index in [1.807, 2.05) is 13.8 Å². The van der Waals surface area contributed by atoms with Crippen LogP contribution in [0.5, 0.6) is 0 Å². The number of hydrogen-bond donors (Lipinski definition) is 1. The van der Waals surface area contributed by atoms with Crippen LogP contribution in [-0.4, -0.2) is 65.0 Å². The number of ether oxygens (including phenoxy) is 1. The molecule has 2 aromatic heterocycles. The lowest BCUT2D eigenvalue weighted by atomic mass is 9.83. The summed E-state index contributed by atoms with van der Waals surface area (Å²) in [5, 5.41) is 12.7. The van der Waals surface area contributed by atoms with Gasteiger partial charge in [-0.15, -0.1) is 11.3 Å². The minimum absolute atomic E-state index is 0.367. The molecule has 0 radical (unpaired) electrons. The zero-order valence-electron chi connectivity index (χ0n) is 21.6. The number of allylic oxidation sites excluding steroid dienone is 1. The Morgan fingerprint density at radius 3 is 2.64 bits per heavy atom. The molecule has 190 valence electrons. The summed E-state index contributed by atoms with van der Waals surface area (Å²) in [6.45, 7) is 12.1. The van der Waals surface area contributed by atoms with E-state index in [-0.39, 0.29) is 0 Å². The second kappa shape index (κ2) is 9.53. The van der Waals surface area contributed by atoms with Crippen LogP contribution in [0, 0.1) is 5.92 Å². The van der Waals surface area contributed by atoms with Crippen LogP contribution in [0.15, 0.2) is 29.2 Å². The molecule has 2 saturated heterocycles. The Balaban J connectivity index is 1.39. The first-order valence-electron chi connectivity index (χ1n) is 13.2. The second-order valence-electron chi connectivity index (χ2n) is 11.2. The Morgan fingerprint density at radius 2 is 1.89 bits per heavy atom. The van der Waals surface area contributed by atoms with Crippen LogP contribution < -0.4 is 4.90 Å². The smallest absolute Gasteiger partial charge is 0.226 e. The van der Waals surface area contributed by atoms with Gasteiger partial charge in [0.05, 0.1) is 34.7 Å². The highest BCUT2D eigenvalue weighted by atomic mass is 32.1. The molecule has 1 aliphatic carbocycles. The monoisotopic (exact) mass is 504 g/mol. The van der Waals surface area contributed by atoms with Crippen LogP contribution in [0.25, 0.3) is 27.6 Å². The third-order valence-electron chi connectivity index (χ3n) is 8.06. The number of hydrogen-bond acceptors (Lipinski definition) is 7. The summed E-state index contributed by atoms with van der Waals surface area (Å²) in [6.07, 6.45) is 5.41. The lowest BCUT2D eigenvalue weighted by molar-refractivity contribution is -0.0135. The van der Waals surface area contributed by atoms with E-state index < -0.39 is 5.60 Å². The summed E-state index contributed by atoms with van der Waals surface area (Å²) in [5.74, 6) is 1.18. The molecule has 2 fully saturated rings. The normalized spacial score (nSPS) is 19.7. The van der Waals surface area contributed by atoms with Gasteiger partial charge in [0.15, 0.2) is 0 Å². The number of rotatable bonds is 5. The van der Waals surface area contributed by atoms with Gasteiger partial charge in [-0.3, -0.25) is 4.90 Å². The topological polar surface area (TPSA) is 61.7 Å². The Labute approximate surface area is 217 Å². The highest BCUT2D eigenvalue weighted by molar-refractivity contribution is 7.17. The average Bonchev–Trinajstić information content (AvgIpc) is 3.46. The van der Waals surface area contributed by atoms with E-state index in [9.17, 15) is 5.11 Å². The number of benzene rings is 1. The second-order valence-corrected chi connectivity index (χ2v) is 12.0. The first kappa shape index (κ1) is 24.0. The number of anilines is 1. The fourth-order valence-electron chi connectivity index (χ4n) is 5.93. The summed E-state index contributed by atoms with van der Waals surface area (Å²) < 4.78 is 6.79. The Morgan fingerprint density at radius 1 is 1.11 bits per heavy atom. The SMILES string of the molecule is CC1=Cc2c(cccc2-c2nc(N3CCOCC3)nc3c(CN4CCC(C(C)(C)O)CC4)csc23)C1. The number of fused-ring (bicyclic) bond motifs is 2. The van der Waals surface area contributed by atoms with Crippen molar-refractivity contribution in [1.29, 1.82) is 0 Å². The van der Waals surface area contributed by atoms with Crippen LogP contribution >= 0.6 is 11.3 Å². The number of likely N-dealkylation sites (tertiary alicyclic amines) is 1. The van der Waals surface area contributed by atoms with E-state index in [0.29, 0.717) is 19.1 Å². The molecule has 3 aromatic rings. The van der Waals surface area contributed by atoms with Gasteiger partial charge in [-0.25, -0.2) is 9.97 Å². The molecule has 0 atom stereocenters. The quantitative estimate of drug-likeness (QED) is 0.519. The predicted molar refractivity (Wildman–Crippen MR) is 148 cm³/mol. The van der Waals surface area contributed by atoms with Crippen molar-refractivity contribution in [2.24, 2.45) is 5.92 Å². The molecular formula is C29H36N4O2S. The zero-order chi connectivity index (χ0) is 24.9. The van der Waals surface area contributed by atoms with Crippen LogP contribution in [0.4, 0.5) is 5.95 Å². The van der Waals surface area contributed by atoms with Crippen LogP contribution in [-0.2, 0) is 17.7 Å². The third kappa shape index (κ3) is 4.58. The van der Waals surface area contributed by atoms with Gasteiger partial charge in [0.25, 0.3) is 0 Å². The summed E-state index contributed by atoms with van der Waals surface area (Å²) in [4.78, 5) is 15.1. The van der Waals surface area contributed by atoms with Gasteiger partial charge in [0, 0.05) is 30.8 Å². The van der Waals surface area contributed by atoms with Crippen LogP contribution in [0.3, 0.4) is 0 Å². The summed E-state index contributed by atoms with van der Waals surface area (Å²) >= 11 is 1.77. The first-order chi connectivity index (χ1) is 17.4. The van der Waals surface area contributed by atoms with Crippen molar-refractivity contribution in [3.05, 3.63) is 45.8 Å². The molecule has 4 heterocycles. The van der Waals surface area contributed by atoms with Crippen molar-refractivity contribution in [3.63, 3.8) is 0 Å². The van der Waals surface area contributed by atoms with E-state index in [4.69, 9.17) is 14.7 Å². The van der Waals surface area contributed by atoms with E-state index in [1.165, 1.54) is 32.5 Å². The standard InChI is InChI=1S/C29H36N4O2S/c1-19-15-20-5-4-6-23(24(20)16-19)26-27-25(30-28(31-26)33-11-13-35-14-12-33)21(18-36-27)17-32-9-7-22(8-10-32)29(2,3)34/h4-6,16,18,22,34H,7-15,17H2,1-3H3. The van der Waals surface area contributed by atoms with Crippen LogP contribution in [0.2, 0.25) is 0 Å². The molecular weight excluding hydrogens is 468 g/mol. The fourth-order valence-corrected chi connectivity index (χ4v) is 6.94. The molecule has 2 aliphatic heterocycles. The predicted octanol–water partition coefficient (Wildman–Crippen LogP) is 5.14. The van der Waals surface area contributed by atoms with E-state index in [2.05, 4.69) is 46.4 Å². The molecule has 1 N–H and O–H groups in total. The van der Waals surface area contributed by atoms with Crippen molar-refractivity contribution in [3.8, 4) is 11.3 Å².